The zero-order valence-electron chi connectivity index (χ0n) is 46.2. The van der Waals surface area contributed by atoms with Gasteiger partial charge in [0.1, 0.15) is 19.0 Å². The Labute approximate surface area is 459 Å². The van der Waals surface area contributed by atoms with Crippen LogP contribution in [0.15, 0.2) is 36.4 Å². The number of hydrogen-bond acceptors (Lipinski definition) is 22. The molecule has 450 valence electrons. The molecule has 0 aromatic heterocycles. The van der Waals surface area contributed by atoms with E-state index < -0.39 is 18.7 Å². The summed E-state index contributed by atoms with van der Waals surface area (Å²) >= 11 is 0. The average Bonchev–Trinajstić information content (AvgIpc) is 3.41. The lowest BCUT2D eigenvalue weighted by Crippen LogP contribution is -2.26. The SMILES string of the molecule is CCOP(=O)(F)CCOCCOCCOCCOCCOCCOCCOCCOCCOCCOCCOCCOCCOCCOCCOCCCNC(=O)OCc1cc(OCc2cc(C)cc(C)c2)ccc1[N+](=O)[O-]. The summed E-state index contributed by atoms with van der Waals surface area (Å²) in [5.41, 5.74) is 3.28. The summed E-state index contributed by atoms with van der Waals surface area (Å²) in [6.45, 7) is 18.5. The van der Waals surface area contributed by atoms with Crippen molar-refractivity contribution in [1.29, 1.82) is 0 Å². The lowest BCUT2D eigenvalue weighted by molar-refractivity contribution is -0.385. The summed E-state index contributed by atoms with van der Waals surface area (Å²) in [6, 6.07) is 10.5. The fraction of sp³-hybridized carbons (Fsp3) is 0.750. The van der Waals surface area contributed by atoms with E-state index in [1.165, 1.54) is 18.2 Å². The first kappa shape index (κ1) is 70.5. The second kappa shape index (κ2) is 50.4. The summed E-state index contributed by atoms with van der Waals surface area (Å²) in [6.07, 6.45) is -0.411. The van der Waals surface area contributed by atoms with Crippen LogP contribution in [0.3, 0.4) is 0 Å². The molecule has 1 unspecified atom stereocenters. The molecule has 1 N–H and O–H groups in total. The minimum absolute atomic E-state index is 0.0125. The Hall–Kier alpha value is -3.57. The Kier molecular flexibility index (Phi) is 45.6. The highest BCUT2D eigenvalue weighted by Gasteiger charge is 2.20. The maximum Gasteiger partial charge on any atom is 0.407 e. The van der Waals surface area contributed by atoms with E-state index in [0.717, 1.165) is 16.7 Å². The molecule has 2 aromatic rings. The molecule has 0 aliphatic rings. The second-order valence-electron chi connectivity index (χ2n) is 16.6. The molecule has 0 radical (unpaired) electrons. The third-order valence-corrected chi connectivity index (χ3v) is 11.4. The maximum absolute atomic E-state index is 13.4. The van der Waals surface area contributed by atoms with E-state index >= 15 is 0 Å². The number of amides is 1. The van der Waals surface area contributed by atoms with Crippen LogP contribution in [0.2, 0.25) is 0 Å². The summed E-state index contributed by atoms with van der Waals surface area (Å²) < 4.78 is 122. The molecule has 78 heavy (non-hydrogen) atoms. The third-order valence-electron chi connectivity index (χ3n) is 10.1. The molecule has 1 amide bonds. The van der Waals surface area contributed by atoms with Gasteiger partial charge in [0.25, 0.3) is 5.69 Å². The van der Waals surface area contributed by atoms with Gasteiger partial charge in [-0.15, -0.1) is 0 Å². The van der Waals surface area contributed by atoms with Gasteiger partial charge in [-0.05, 0) is 44.9 Å². The number of nitrogens with one attached hydrogen (secondary N) is 1. The van der Waals surface area contributed by atoms with Gasteiger partial charge in [-0.25, -0.2) is 4.79 Å². The number of rotatable bonds is 57. The van der Waals surface area contributed by atoms with Crippen molar-refractivity contribution < 1.29 is 104 Å². The highest BCUT2D eigenvalue weighted by atomic mass is 31.2. The Morgan fingerprint density at radius 3 is 1.21 bits per heavy atom. The molecular formula is C52H88FN2O22P. The van der Waals surface area contributed by atoms with Crippen molar-refractivity contribution >= 4 is 19.5 Å². The van der Waals surface area contributed by atoms with E-state index in [0.29, 0.717) is 210 Å². The van der Waals surface area contributed by atoms with Crippen LogP contribution >= 0.6 is 7.68 Å². The van der Waals surface area contributed by atoms with E-state index in [9.17, 15) is 23.7 Å². The number of aryl methyl sites for hydroxylation is 2. The van der Waals surface area contributed by atoms with E-state index in [1.54, 1.807) is 6.92 Å². The monoisotopic (exact) mass is 1140 g/mol. The van der Waals surface area contributed by atoms with Crippen molar-refractivity contribution in [3.63, 3.8) is 0 Å². The minimum Gasteiger partial charge on any atom is -0.489 e. The first-order valence-electron chi connectivity index (χ1n) is 26.6. The smallest absolute Gasteiger partial charge is 0.407 e. The molecule has 0 saturated heterocycles. The van der Waals surface area contributed by atoms with Gasteiger partial charge in [-0.3, -0.25) is 14.7 Å². The first-order chi connectivity index (χ1) is 38.1. The predicted octanol–water partition coefficient (Wildman–Crippen LogP) is 5.86. The number of nitro benzene ring substituents is 1. The van der Waals surface area contributed by atoms with Gasteiger partial charge in [-0.2, -0.15) is 4.20 Å². The topological polar surface area (TPSA) is 255 Å². The highest BCUT2D eigenvalue weighted by Crippen LogP contribution is 2.47. The lowest BCUT2D eigenvalue weighted by atomic mass is 10.1. The summed E-state index contributed by atoms with van der Waals surface area (Å²) in [5.74, 6) is 0.436. The molecule has 0 heterocycles. The van der Waals surface area contributed by atoms with Crippen molar-refractivity contribution in [2.24, 2.45) is 0 Å². The second-order valence-corrected chi connectivity index (χ2v) is 18.5. The molecule has 2 rings (SSSR count). The molecule has 0 aliphatic heterocycles. The summed E-state index contributed by atoms with van der Waals surface area (Å²) in [4.78, 5) is 23.3. The van der Waals surface area contributed by atoms with Crippen LogP contribution in [0.4, 0.5) is 14.7 Å². The van der Waals surface area contributed by atoms with E-state index in [1.807, 2.05) is 26.0 Å². The van der Waals surface area contributed by atoms with E-state index in [2.05, 4.69) is 15.9 Å². The molecule has 0 saturated carbocycles. The summed E-state index contributed by atoms with van der Waals surface area (Å²) in [5, 5.41) is 14.2. The first-order valence-corrected chi connectivity index (χ1v) is 28.3. The number of carbonyl (C=O) groups excluding carboxylic acids is 1. The third kappa shape index (κ3) is 43.3. The number of nitro groups is 1. The Morgan fingerprint density at radius 1 is 0.513 bits per heavy atom. The number of halogens is 1. The Morgan fingerprint density at radius 2 is 0.859 bits per heavy atom. The molecule has 0 spiro atoms. The van der Waals surface area contributed by atoms with Crippen LogP contribution in [0, 0.1) is 24.0 Å². The van der Waals surface area contributed by atoms with Gasteiger partial charge >= 0.3 is 13.8 Å². The van der Waals surface area contributed by atoms with E-state index in [-0.39, 0.29) is 43.8 Å². The number of alkyl carbamates (subject to hydrolysis) is 1. The van der Waals surface area contributed by atoms with Crippen molar-refractivity contribution in [3.05, 3.63) is 68.8 Å². The quantitative estimate of drug-likeness (QED) is 0.0352. The van der Waals surface area contributed by atoms with E-state index in [4.69, 9.17) is 80.5 Å². The van der Waals surface area contributed by atoms with Crippen LogP contribution < -0.4 is 10.1 Å². The van der Waals surface area contributed by atoms with Gasteiger partial charge in [0.15, 0.2) is 0 Å². The van der Waals surface area contributed by atoms with Crippen molar-refractivity contribution in [2.45, 2.75) is 40.4 Å². The lowest BCUT2D eigenvalue weighted by Gasteiger charge is -2.11. The van der Waals surface area contributed by atoms with Crippen molar-refractivity contribution in [3.8, 4) is 5.75 Å². The molecule has 0 aliphatic carbocycles. The minimum atomic E-state index is -4.04. The maximum atomic E-state index is 13.4. The Bertz CT molecular complexity index is 1790. The van der Waals surface area contributed by atoms with Crippen molar-refractivity contribution in [1.82, 2.24) is 5.32 Å². The molecule has 0 fully saturated rings. The van der Waals surface area contributed by atoms with Gasteiger partial charge in [0.05, 0.1) is 215 Å². The summed E-state index contributed by atoms with van der Waals surface area (Å²) in [7, 11) is -4.04. The van der Waals surface area contributed by atoms with Gasteiger partial charge in [0, 0.05) is 19.2 Å². The normalized spacial score (nSPS) is 12.3. The molecular weight excluding hydrogens is 1050 g/mol. The molecule has 2 aromatic carbocycles. The molecule has 26 heteroatoms. The number of nitrogens with zero attached hydrogens (tertiary/aromatic N) is 1. The molecule has 1 atom stereocenters. The van der Waals surface area contributed by atoms with Crippen LogP contribution in [0.5, 0.6) is 5.75 Å². The largest absolute Gasteiger partial charge is 0.489 e. The van der Waals surface area contributed by atoms with Crippen LogP contribution in [0.1, 0.15) is 35.6 Å². The number of benzene rings is 2. The zero-order valence-corrected chi connectivity index (χ0v) is 47.1. The molecule has 24 nitrogen and oxygen atoms in total. The van der Waals surface area contributed by atoms with Crippen LogP contribution in [-0.2, 0) is 98.1 Å². The number of hydrogen-bond donors (Lipinski definition) is 1. The zero-order chi connectivity index (χ0) is 56.3. The van der Waals surface area contributed by atoms with Crippen LogP contribution in [0.25, 0.3) is 0 Å². The van der Waals surface area contributed by atoms with Gasteiger partial charge in [-0.1, -0.05) is 29.3 Å². The van der Waals surface area contributed by atoms with Gasteiger partial charge in [0.2, 0.25) is 0 Å². The average molecular weight is 1140 g/mol. The Balaban J connectivity index is 1.20. The number of carbonyl (C=O) groups is 1. The predicted molar refractivity (Wildman–Crippen MR) is 284 cm³/mol. The highest BCUT2D eigenvalue weighted by molar-refractivity contribution is 7.53. The van der Waals surface area contributed by atoms with Crippen LogP contribution in [-0.4, -0.2) is 229 Å². The fourth-order valence-corrected chi connectivity index (χ4v) is 7.30. The van der Waals surface area contributed by atoms with Gasteiger partial charge < -0.3 is 90.4 Å². The molecule has 0 bridgehead atoms. The van der Waals surface area contributed by atoms with Crippen molar-refractivity contribution in [2.75, 3.05) is 218 Å². The number of ether oxygens (including phenoxy) is 17. The standard InChI is InChI=1S/C52H88FN2O22P/c1-4-77-78(53,59)39-38-74-37-36-73-35-34-72-33-32-71-31-30-70-29-28-69-27-26-68-25-24-67-23-22-66-21-20-65-19-18-64-17-16-63-15-14-62-13-12-61-11-10-60-9-5-8-54-52(56)76-45-49-43-50(6-7-51(49)55(57)58)75-44-48-41-46(2)40-47(3)42-48/h6-7,40-43H,4-5,8-39,44-45H2,1-3H3,(H,54,56). The fourth-order valence-electron chi connectivity index (χ4n) is 6.44.